The molecule has 0 aromatic heterocycles. The van der Waals surface area contributed by atoms with Gasteiger partial charge in [0, 0.05) is 25.8 Å². The second kappa shape index (κ2) is 7.14. The van der Waals surface area contributed by atoms with Crippen molar-refractivity contribution < 1.29 is 14.3 Å². The lowest BCUT2D eigenvalue weighted by Crippen LogP contribution is -2.28. The Morgan fingerprint density at radius 3 is 3.05 bits per heavy atom. The minimum absolute atomic E-state index is 0.0979. The molecule has 2 aliphatic rings. The van der Waals surface area contributed by atoms with Gasteiger partial charge in [0.05, 0.1) is 12.7 Å². The molecule has 0 unspecified atom stereocenters. The first kappa shape index (κ1) is 15.3. The largest absolute Gasteiger partial charge is 0.493 e. The topological polar surface area (TPSA) is 38.8 Å². The third kappa shape index (κ3) is 3.61. The van der Waals surface area contributed by atoms with Gasteiger partial charge in [-0.05, 0) is 62.3 Å². The van der Waals surface area contributed by atoms with Crippen LogP contribution in [-0.4, -0.2) is 43.7 Å². The molecule has 4 nitrogen and oxygen atoms in total. The predicted molar refractivity (Wildman–Crippen MR) is 85.4 cm³/mol. The summed E-state index contributed by atoms with van der Waals surface area (Å²) in [4.78, 5) is 14.3. The fourth-order valence-electron chi connectivity index (χ4n) is 3.24. The molecule has 1 saturated heterocycles. The van der Waals surface area contributed by atoms with Gasteiger partial charge in [-0.2, -0.15) is 0 Å². The van der Waals surface area contributed by atoms with Crippen molar-refractivity contribution in [3.8, 4) is 5.75 Å². The van der Waals surface area contributed by atoms with Gasteiger partial charge in [-0.3, -0.25) is 4.79 Å². The second-order valence-electron chi connectivity index (χ2n) is 6.28. The number of amides is 1. The van der Waals surface area contributed by atoms with E-state index in [0.717, 1.165) is 62.3 Å². The Labute approximate surface area is 132 Å². The zero-order valence-corrected chi connectivity index (χ0v) is 13.3. The van der Waals surface area contributed by atoms with Gasteiger partial charge in [0.15, 0.2) is 0 Å². The van der Waals surface area contributed by atoms with Crippen molar-refractivity contribution in [3.05, 3.63) is 29.3 Å². The number of ether oxygens (including phenoxy) is 2. The van der Waals surface area contributed by atoms with Crippen LogP contribution < -0.4 is 4.74 Å². The zero-order chi connectivity index (χ0) is 15.4. The van der Waals surface area contributed by atoms with Crippen molar-refractivity contribution in [2.45, 2.75) is 44.6 Å². The lowest BCUT2D eigenvalue weighted by atomic mass is 10.0. The molecule has 0 aliphatic carbocycles. The first-order valence-corrected chi connectivity index (χ1v) is 8.37. The highest BCUT2D eigenvalue weighted by Crippen LogP contribution is 2.26. The van der Waals surface area contributed by atoms with Crippen LogP contribution in [0.2, 0.25) is 0 Å². The van der Waals surface area contributed by atoms with Crippen LogP contribution in [0.1, 0.15) is 48.0 Å². The molecule has 0 spiro atoms. The van der Waals surface area contributed by atoms with Gasteiger partial charge in [0.2, 0.25) is 0 Å². The van der Waals surface area contributed by atoms with E-state index in [1.807, 2.05) is 30.1 Å². The molecule has 3 rings (SSSR count). The molecule has 2 heterocycles. The van der Waals surface area contributed by atoms with E-state index in [1.165, 1.54) is 12.8 Å². The highest BCUT2D eigenvalue weighted by molar-refractivity contribution is 5.94. The van der Waals surface area contributed by atoms with Crippen LogP contribution in [-0.2, 0) is 11.2 Å². The number of hydrogen-bond donors (Lipinski definition) is 0. The number of fused-ring (bicyclic) bond motifs is 1. The van der Waals surface area contributed by atoms with Crippen LogP contribution >= 0.6 is 0 Å². The molecule has 120 valence electrons. The van der Waals surface area contributed by atoms with Crippen LogP contribution in [0, 0.1) is 0 Å². The maximum atomic E-state index is 12.5. The molecular weight excluding hydrogens is 278 g/mol. The average Bonchev–Trinajstić information content (AvgIpc) is 3.07. The lowest BCUT2D eigenvalue weighted by Gasteiger charge is -2.21. The number of aryl methyl sites for hydroxylation is 1. The first-order chi connectivity index (χ1) is 10.7. The minimum Gasteiger partial charge on any atom is -0.493 e. The molecular formula is C18H25NO3. The highest BCUT2D eigenvalue weighted by atomic mass is 16.5. The van der Waals surface area contributed by atoms with E-state index in [1.54, 1.807) is 0 Å². The molecule has 1 amide bonds. The standard InChI is InChI=1S/C18H25NO3/c1-19(10-2-6-16-7-4-11-21-16)18(20)15-8-9-17-14(13-15)5-3-12-22-17/h8-9,13,16H,2-7,10-12H2,1H3/t16-/m1/s1. The number of hydrogen-bond acceptors (Lipinski definition) is 3. The summed E-state index contributed by atoms with van der Waals surface area (Å²) in [6, 6.07) is 5.80. The normalized spacial score (nSPS) is 20.3. The Kier molecular flexibility index (Phi) is 4.98. The number of benzene rings is 1. The molecule has 4 heteroatoms. The van der Waals surface area contributed by atoms with E-state index in [9.17, 15) is 4.79 Å². The van der Waals surface area contributed by atoms with Crippen LogP contribution in [0.4, 0.5) is 0 Å². The second-order valence-corrected chi connectivity index (χ2v) is 6.28. The Morgan fingerprint density at radius 2 is 2.23 bits per heavy atom. The number of carbonyl (C=O) groups excluding carboxylic acids is 1. The maximum Gasteiger partial charge on any atom is 0.253 e. The Hall–Kier alpha value is -1.55. The van der Waals surface area contributed by atoms with Gasteiger partial charge in [-0.1, -0.05) is 0 Å². The Bertz CT molecular complexity index is 523. The minimum atomic E-state index is 0.0979. The summed E-state index contributed by atoms with van der Waals surface area (Å²) in [5.41, 5.74) is 1.92. The molecule has 1 fully saturated rings. The number of rotatable bonds is 5. The summed E-state index contributed by atoms with van der Waals surface area (Å²) >= 11 is 0. The van der Waals surface area contributed by atoms with Crippen LogP contribution in [0.25, 0.3) is 0 Å². The van der Waals surface area contributed by atoms with Gasteiger partial charge in [0.1, 0.15) is 5.75 Å². The highest BCUT2D eigenvalue weighted by Gasteiger charge is 2.18. The fraction of sp³-hybridized carbons (Fsp3) is 0.611. The van der Waals surface area contributed by atoms with Crippen molar-refractivity contribution >= 4 is 5.91 Å². The SMILES string of the molecule is CN(CCC[C@@H]1CCCO1)C(=O)c1ccc2c(c1)CCCO2. The van der Waals surface area contributed by atoms with Gasteiger partial charge in [-0.15, -0.1) is 0 Å². The molecule has 22 heavy (non-hydrogen) atoms. The summed E-state index contributed by atoms with van der Waals surface area (Å²) in [7, 11) is 1.88. The number of nitrogens with zero attached hydrogens (tertiary/aromatic N) is 1. The Balaban J connectivity index is 1.53. The van der Waals surface area contributed by atoms with Gasteiger partial charge in [-0.25, -0.2) is 0 Å². The van der Waals surface area contributed by atoms with Crippen molar-refractivity contribution in [2.24, 2.45) is 0 Å². The summed E-state index contributed by atoms with van der Waals surface area (Å²) in [5, 5.41) is 0. The third-order valence-corrected chi connectivity index (χ3v) is 4.55. The molecule has 2 aliphatic heterocycles. The zero-order valence-electron chi connectivity index (χ0n) is 13.3. The van der Waals surface area contributed by atoms with Crippen molar-refractivity contribution in [1.29, 1.82) is 0 Å². The summed E-state index contributed by atoms with van der Waals surface area (Å²) in [6.07, 6.45) is 6.83. The van der Waals surface area contributed by atoms with E-state index < -0.39 is 0 Å². The Morgan fingerprint density at radius 1 is 1.32 bits per heavy atom. The summed E-state index contributed by atoms with van der Waals surface area (Å²) in [6.45, 7) is 2.46. The van der Waals surface area contributed by atoms with Crippen molar-refractivity contribution in [3.63, 3.8) is 0 Å². The van der Waals surface area contributed by atoms with E-state index in [2.05, 4.69) is 0 Å². The third-order valence-electron chi connectivity index (χ3n) is 4.55. The number of carbonyl (C=O) groups is 1. The van der Waals surface area contributed by atoms with Crippen LogP contribution in [0.3, 0.4) is 0 Å². The molecule has 1 aromatic carbocycles. The van der Waals surface area contributed by atoms with E-state index in [0.29, 0.717) is 6.10 Å². The monoisotopic (exact) mass is 303 g/mol. The van der Waals surface area contributed by atoms with Crippen LogP contribution in [0.5, 0.6) is 5.75 Å². The summed E-state index contributed by atoms with van der Waals surface area (Å²) < 4.78 is 11.2. The first-order valence-electron chi connectivity index (χ1n) is 8.37. The van der Waals surface area contributed by atoms with Crippen LogP contribution in [0.15, 0.2) is 18.2 Å². The van der Waals surface area contributed by atoms with E-state index in [4.69, 9.17) is 9.47 Å². The lowest BCUT2D eigenvalue weighted by molar-refractivity contribution is 0.0763. The average molecular weight is 303 g/mol. The van der Waals surface area contributed by atoms with Gasteiger partial charge in [0.25, 0.3) is 5.91 Å². The molecule has 0 saturated carbocycles. The fourth-order valence-corrected chi connectivity index (χ4v) is 3.24. The predicted octanol–water partition coefficient (Wildman–Crippen LogP) is 3.04. The molecule has 0 radical (unpaired) electrons. The van der Waals surface area contributed by atoms with Gasteiger partial charge < -0.3 is 14.4 Å². The molecule has 0 N–H and O–H groups in total. The maximum absolute atomic E-state index is 12.5. The quantitative estimate of drug-likeness (QED) is 0.839. The van der Waals surface area contributed by atoms with Gasteiger partial charge >= 0.3 is 0 Å². The summed E-state index contributed by atoms with van der Waals surface area (Å²) in [5.74, 6) is 1.03. The molecule has 0 bridgehead atoms. The van der Waals surface area contributed by atoms with E-state index >= 15 is 0 Å². The van der Waals surface area contributed by atoms with Crippen molar-refractivity contribution in [2.75, 3.05) is 26.8 Å². The molecule has 1 aromatic rings. The smallest absolute Gasteiger partial charge is 0.253 e. The van der Waals surface area contributed by atoms with Crippen molar-refractivity contribution in [1.82, 2.24) is 4.90 Å². The molecule has 1 atom stereocenters. The van der Waals surface area contributed by atoms with E-state index in [-0.39, 0.29) is 5.91 Å².